The Hall–Kier alpha value is -1.67. The average Bonchev–Trinajstić information content (AvgIpc) is 2.16. The molecule has 0 spiro atoms. The summed E-state index contributed by atoms with van der Waals surface area (Å²) in [4.78, 5) is 21.2. The second kappa shape index (κ2) is 4.03. The molecule has 14 heavy (non-hydrogen) atoms. The number of rotatable bonds is 2. The largest absolute Gasteiger partial charge is 0.478 e. The number of hydrogen-bond donors (Lipinski definition) is 1. The van der Waals surface area contributed by atoms with E-state index < -0.39 is 5.97 Å². The molecule has 70 valence electrons. The fraction of sp³-hybridized carbons (Fsp3) is 0. The van der Waals surface area contributed by atoms with Crippen molar-refractivity contribution >= 4 is 28.2 Å². The van der Waals surface area contributed by atoms with Crippen molar-refractivity contribution in [2.45, 2.75) is 0 Å². The van der Waals surface area contributed by atoms with E-state index >= 15 is 0 Å². The van der Waals surface area contributed by atoms with Crippen LogP contribution in [0.3, 0.4) is 0 Å². The highest BCUT2D eigenvalue weighted by molar-refractivity contribution is 9.10. The monoisotopic (exact) mass is 253 g/mol. The molecule has 1 N–H and O–H groups in total. The van der Waals surface area contributed by atoms with E-state index in [9.17, 15) is 9.59 Å². The topological polar surface area (TPSA) is 78.2 Å². The van der Waals surface area contributed by atoms with Gasteiger partial charge in [-0.05, 0) is 28.1 Å². The molecule has 0 bridgehead atoms. The van der Waals surface area contributed by atoms with Crippen LogP contribution in [-0.2, 0) is 0 Å². The van der Waals surface area contributed by atoms with Gasteiger partial charge < -0.3 is 5.11 Å². The second-order valence-electron chi connectivity index (χ2n) is 2.45. The molecule has 0 heterocycles. The maximum Gasteiger partial charge on any atom is 0.336 e. The van der Waals surface area contributed by atoms with Gasteiger partial charge in [-0.3, -0.25) is 4.79 Å². The fourth-order valence-electron chi connectivity index (χ4n) is 0.947. The van der Waals surface area contributed by atoms with Crippen LogP contribution < -0.4 is 0 Å². The molecule has 4 nitrogen and oxygen atoms in total. The summed E-state index contributed by atoms with van der Waals surface area (Å²) in [5.74, 6) is -1.15. The number of hydrogen-bond acceptors (Lipinski definition) is 3. The molecular formula is C9H4BrNO3. The molecule has 5 heteroatoms. The first-order valence-corrected chi connectivity index (χ1v) is 4.31. The van der Waals surface area contributed by atoms with E-state index in [-0.39, 0.29) is 21.2 Å². The van der Waals surface area contributed by atoms with E-state index in [1.807, 2.05) is 0 Å². The minimum atomic E-state index is -1.15. The second-order valence-corrected chi connectivity index (χ2v) is 3.31. The molecule has 0 saturated carbocycles. The molecule has 0 aliphatic rings. The maximum absolute atomic E-state index is 10.7. The summed E-state index contributed by atoms with van der Waals surface area (Å²) in [5.41, 5.74) is 0.192. The Kier molecular flexibility index (Phi) is 2.99. The zero-order valence-electron chi connectivity index (χ0n) is 6.82. The van der Waals surface area contributed by atoms with Crippen molar-refractivity contribution in [2.24, 2.45) is 0 Å². The first-order chi connectivity index (χ1) is 6.60. The SMILES string of the molecule is N#Cc1cc(C(=O)O)c(Br)cc1C=O. The number of aldehydes is 1. The molecule has 1 aromatic carbocycles. The number of benzene rings is 1. The van der Waals surface area contributed by atoms with Crippen molar-refractivity contribution < 1.29 is 14.7 Å². The number of carboxylic acids is 1. The molecule has 0 atom stereocenters. The summed E-state index contributed by atoms with van der Waals surface area (Å²) < 4.78 is 0.283. The van der Waals surface area contributed by atoms with Gasteiger partial charge >= 0.3 is 5.97 Å². The van der Waals surface area contributed by atoms with E-state index in [0.29, 0.717) is 6.29 Å². The highest BCUT2D eigenvalue weighted by atomic mass is 79.9. The van der Waals surface area contributed by atoms with Crippen molar-refractivity contribution in [2.75, 3.05) is 0 Å². The Morgan fingerprint density at radius 1 is 1.57 bits per heavy atom. The van der Waals surface area contributed by atoms with Crippen LogP contribution in [0, 0.1) is 11.3 Å². The van der Waals surface area contributed by atoms with Gasteiger partial charge in [-0.25, -0.2) is 4.79 Å². The lowest BCUT2D eigenvalue weighted by Crippen LogP contribution is -2.00. The third-order valence-electron chi connectivity index (χ3n) is 1.62. The van der Waals surface area contributed by atoms with Crippen LogP contribution in [0.5, 0.6) is 0 Å². The van der Waals surface area contributed by atoms with E-state index in [2.05, 4.69) is 15.9 Å². The molecule has 0 aliphatic carbocycles. The first-order valence-electron chi connectivity index (χ1n) is 3.52. The van der Waals surface area contributed by atoms with Gasteiger partial charge in [-0.15, -0.1) is 0 Å². The standard InChI is InChI=1S/C9H4BrNO3/c10-8-2-6(4-12)5(3-11)1-7(8)9(13)14/h1-2,4H,(H,13,14). The minimum absolute atomic E-state index is 0.0350. The molecule has 0 aliphatic heterocycles. The van der Waals surface area contributed by atoms with Crippen molar-refractivity contribution in [1.82, 2.24) is 0 Å². The van der Waals surface area contributed by atoms with E-state index in [0.717, 1.165) is 6.07 Å². The van der Waals surface area contributed by atoms with Gasteiger partial charge in [0.25, 0.3) is 0 Å². The first kappa shape index (κ1) is 10.4. The highest BCUT2D eigenvalue weighted by Gasteiger charge is 2.12. The smallest absolute Gasteiger partial charge is 0.336 e. The maximum atomic E-state index is 10.7. The Bertz CT molecular complexity index is 448. The van der Waals surface area contributed by atoms with Gasteiger partial charge in [0.2, 0.25) is 0 Å². The zero-order valence-corrected chi connectivity index (χ0v) is 8.41. The lowest BCUT2D eigenvalue weighted by Gasteiger charge is -2.01. The van der Waals surface area contributed by atoms with Crippen molar-refractivity contribution in [1.29, 1.82) is 5.26 Å². The van der Waals surface area contributed by atoms with Crippen LogP contribution in [0.4, 0.5) is 0 Å². The Balaban J connectivity index is 3.47. The number of carbonyl (C=O) groups is 2. The van der Waals surface area contributed by atoms with E-state index in [1.165, 1.54) is 6.07 Å². The molecule has 0 fully saturated rings. The van der Waals surface area contributed by atoms with Gasteiger partial charge in [0, 0.05) is 10.0 Å². The lowest BCUT2D eigenvalue weighted by atomic mass is 10.1. The van der Waals surface area contributed by atoms with Crippen LogP contribution in [-0.4, -0.2) is 17.4 Å². The van der Waals surface area contributed by atoms with Crippen LogP contribution in [0.25, 0.3) is 0 Å². The van der Waals surface area contributed by atoms with Crippen molar-refractivity contribution in [3.8, 4) is 6.07 Å². The van der Waals surface area contributed by atoms with Gasteiger partial charge in [0.15, 0.2) is 6.29 Å². The molecule has 0 saturated heterocycles. The number of carboxylic acid groups (broad SMARTS) is 1. The Morgan fingerprint density at radius 3 is 2.64 bits per heavy atom. The molecule has 0 radical (unpaired) electrons. The highest BCUT2D eigenvalue weighted by Crippen LogP contribution is 2.21. The van der Waals surface area contributed by atoms with E-state index in [1.54, 1.807) is 6.07 Å². The molecule has 0 unspecified atom stereocenters. The normalized spacial score (nSPS) is 9.14. The Labute approximate surface area is 87.9 Å². The summed E-state index contributed by atoms with van der Waals surface area (Å²) >= 11 is 3.00. The third kappa shape index (κ3) is 1.80. The predicted molar refractivity (Wildman–Crippen MR) is 51.2 cm³/mol. The van der Waals surface area contributed by atoms with Gasteiger partial charge in [-0.1, -0.05) is 0 Å². The van der Waals surface area contributed by atoms with Crippen molar-refractivity contribution in [3.05, 3.63) is 33.3 Å². The average molecular weight is 254 g/mol. The summed E-state index contributed by atoms with van der Waals surface area (Å²) in [6, 6.07) is 4.23. The van der Waals surface area contributed by atoms with Crippen molar-refractivity contribution in [3.63, 3.8) is 0 Å². The van der Waals surface area contributed by atoms with Crippen LogP contribution in [0.1, 0.15) is 26.3 Å². The quantitative estimate of drug-likeness (QED) is 0.816. The van der Waals surface area contributed by atoms with Gasteiger partial charge in [0.05, 0.1) is 17.2 Å². The molecule has 0 aromatic heterocycles. The van der Waals surface area contributed by atoms with Crippen LogP contribution >= 0.6 is 15.9 Å². The zero-order chi connectivity index (χ0) is 10.7. The van der Waals surface area contributed by atoms with Gasteiger partial charge in [0.1, 0.15) is 0 Å². The minimum Gasteiger partial charge on any atom is -0.478 e. The predicted octanol–water partition coefficient (Wildman–Crippen LogP) is 1.83. The van der Waals surface area contributed by atoms with Crippen LogP contribution in [0.15, 0.2) is 16.6 Å². The fourth-order valence-corrected chi connectivity index (χ4v) is 1.48. The molecule has 1 rings (SSSR count). The number of nitriles is 1. The lowest BCUT2D eigenvalue weighted by molar-refractivity contribution is 0.0695. The summed E-state index contributed by atoms with van der Waals surface area (Å²) in [7, 11) is 0. The molecule has 1 aromatic rings. The molecule has 0 amide bonds. The summed E-state index contributed by atoms with van der Waals surface area (Å²) in [6.07, 6.45) is 0.509. The van der Waals surface area contributed by atoms with Gasteiger partial charge in [-0.2, -0.15) is 5.26 Å². The Morgan fingerprint density at radius 2 is 2.21 bits per heavy atom. The summed E-state index contributed by atoms with van der Waals surface area (Å²) in [5, 5.41) is 17.4. The number of halogens is 1. The third-order valence-corrected chi connectivity index (χ3v) is 2.27. The molecular weight excluding hydrogens is 250 g/mol. The van der Waals surface area contributed by atoms with E-state index in [4.69, 9.17) is 10.4 Å². The van der Waals surface area contributed by atoms with Crippen LogP contribution in [0.2, 0.25) is 0 Å². The number of aromatic carboxylic acids is 1. The number of nitrogens with zero attached hydrogens (tertiary/aromatic N) is 1. The number of carbonyl (C=O) groups excluding carboxylic acids is 1. The summed E-state index contributed by atoms with van der Waals surface area (Å²) in [6.45, 7) is 0.